The summed E-state index contributed by atoms with van der Waals surface area (Å²) in [6, 6.07) is 4.92. The quantitative estimate of drug-likeness (QED) is 0.756. The zero-order valence-corrected chi connectivity index (χ0v) is 9.95. The van der Waals surface area contributed by atoms with E-state index < -0.39 is 15.9 Å². The number of benzene rings is 1. The van der Waals surface area contributed by atoms with Gasteiger partial charge < -0.3 is 0 Å². The molecule has 0 aromatic heterocycles. The van der Waals surface area contributed by atoms with Crippen molar-refractivity contribution in [2.75, 3.05) is 12.3 Å². The fourth-order valence-corrected chi connectivity index (χ4v) is 4.59. The summed E-state index contributed by atoms with van der Waals surface area (Å²) in [5.74, 6) is 0.158. The summed E-state index contributed by atoms with van der Waals surface area (Å²) in [5, 5.41) is 0. The molecular weight excluding hydrogens is 269 g/mol. The molecule has 14 heavy (non-hydrogen) atoms. The van der Waals surface area contributed by atoms with Crippen LogP contribution in [0.5, 0.6) is 0 Å². The molecule has 2 rings (SSSR count). The second kappa shape index (κ2) is 3.72. The average molecular weight is 280 g/mol. The molecule has 1 fully saturated rings. The van der Waals surface area contributed by atoms with Gasteiger partial charge in [0.05, 0.1) is 9.37 Å². The van der Waals surface area contributed by atoms with Crippen LogP contribution in [-0.4, -0.2) is 16.5 Å². The summed E-state index contributed by atoms with van der Waals surface area (Å²) in [6.45, 7) is 0.712. The lowest BCUT2D eigenvalue weighted by Gasteiger charge is -2.19. The van der Waals surface area contributed by atoms with Crippen LogP contribution in [0.15, 0.2) is 27.6 Å². The van der Waals surface area contributed by atoms with Crippen molar-refractivity contribution in [3.63, 3.8) is 0 Å². The van der Waals surface area contributed by atoms with Gasteiger partial charge in [-0.3, -0.25) is 8.93 Å². The molecule has 1 aromatic rings. The third-order valence-electron chi connectivity index (χ3n) is 2.34. The van der Waals surface area contributed by atoms with E-state index in [1.165, 1.54) is 0 Å². The summed E-state index contributed by atoms with van der Waals surface area (Å²) in [6.07, 6.45) is 0.850. The lowest BCUT2D eigenvalue weighted by atomic mass is 10.3. The molecule has 0 radical (unpaired) electrons. The van der Waals surface area contributed by atoms with Gasteiger partial charge >= 0.3 is 0 Å². The van der Waals surface area contributed by atoms with Crippen LogP contribution < -0.4 is 4.72 Å². The molecule has 78 valence electrons. The van der Waals surface area contributed by atoms with Gasteiger partial charge in [-0.05, 0) is 44.6 Å². The van der Waals surface area contributed by atoms with Crippen molar-refractivity contribution < 1.29 is 8.60 Å². The van der Waals surface area contributed by atoms with Gasteiger partial charge in [0.2, 0.25) is 0 Å². The minimum Gasteiger partial charge on any atom is -0.267 e. The second-order valence-corrected chi connectivity index (χ2v) is 6.88. The van der Waals surface area contributed by atoms with Crippen molar-refractivity contribution in [3.05, 3.63) is 28.5 Å². The highest BCUT2D eigenvalue weighted by molar-refractivity contribution is 9.10. The van der Waals surface area contributed by atoms with E-state index in [1.54, 1.807) is 18.2 Å². The highest BCUT2D eigenvalue weighted by atomic mass is 79.9. The molecule has 1 saturated heterocycles. The predicted octanol–water partition coefficient (Wildman–Crippen LogP) is 1.87. The maximum atomic E-state index is 13.6. The summed E-state index contributed by atoms with van der Waals surface area (Å²) >= 11 is 3.09. The number of hydrogen-bond donors (Lipinski definition) is 2. The van der Waals surface area contributed by atoms with E-state index in [1.807, 2.05) is 0 Å². The summed E-state index contributed by atoms with van der Waals surface area (Å²) in [7, 11) is -2.64. The molecule has 0 bridgehead atoms. The maximum absolute atomic E-state index is 13.6. The van der Waals surface area contributed by atoms with E-state index in [0.717, 1.165) is 6.42 Å². The van der Waals surface area contributed by atoms with Crippen LogP contribution in [-0.2, 0) is 10.1 Å². The SMILES string of the molecule is O=[SH]1(c2cccc(Br)c2F)CCCN1. The van der Waals surface area contributed by atoms with Crippen molar-refractivity contribution in [2.45, 2.75) is 11.3 Å². The monoisotopic (exact) mass is 279 g/mol. The fourth-order valence-electron chi connectivity index (χ4n) is 1.62. The summed E-state index contributed by atoms with van der Waals surface area (Å²) in [5.41, 5.74) is 0. The number of rotatable bonds is 1. The van der Waals surface area contributed by atoms with Gasteiger partial charge in [0.25, 0.3) is 0 Å². The Bertz CT molecular complexity index is 400. The first-order valence-electron chi connectivity index (χ1n) is 4.42. The Morgan fingerprint density at radius 3 is 2.93 bits per heavy atom. The molecule has 0 saturated carbocycles. The molecule has 1 aromatic carbocycles. The Morgan fingerprint density at radius 1 is 1.50 bits per heavy atom. The molecule has 1 N–H and O–H groups in total. The third kappa shape index (κ3) is 1.64. The Morgan fingerprint density at radius 2 is 2.29 bits per heavy atom. The molecule has 1 aliphatic rings. The van der Waals surface area contributed by atoms with Gasteiger partial charge in [-0.15, -0.1) is 0 Å². The Kier molecular flexibility index (Phi) is 2.72. The van der Waals surface area contributed by atoms with E-state index in [-0.39, 0.29) is 0 Å². The Hall–Kier alpha value is -0.260. The molecule has 1 aliphatic heterocycles. The van der Waals surface area contributed by atoms with Crippen molar-refractivity contribution in [3.8, 4) is 0 Å². The van der Waals surface area contributed by atoms with E-state index in [0.29, 0.717) is 21.7 Å². The molecule has 0 unspecified atom stereocenters. The first kappa shape index (κ1) is 10.3. The van der Waals surface area contributed by atoms with Crippen LogP contribution in [0.3, 0.4) is 0 Å². The summed E-state index contributed by atoms with van der Waals surface area (Å²) in [4.78, 5) is 0.323. The Labute approximate surface area is 91.6 Å². The minimum absolute atomic E-state index is 0.323. The Balaban J connectivity index is 2.51. The highest BCUT2D eigenvalue weighted by Gasteiger charge is 2.25. The highest BCUT2D eigenvalue weighted by Crippen LogP contribution is 2.28. The van der Waals surface area contributed by atoms with Crippen LogP contribution >= 0.6 is 15.9 Å². The molecule has 2 nitrogen and oxygen atoms in total. The van der Waals surface area contributed by atoms with Gasteiger partial charge in [-0.25, -0.2) is 4.39 Å². The molecule has 1 heterocycles. The van der Waals surface area contributed by atoms with E-state index in [9.17, 15) is 8.60 Å². The fraction of sp³-hybridized carbons (Fsp3) is 0.333. The first-order valence-corrected chi connectivity index (χ1v) is 7.11. The topological polar surface area (TPSA) is 29.1 Å². The zero-order valence-electron chi connectivity index (χ0n) is 7.46. The smallest absolute Gasteiger partial charge is 0.152 e. The number of halogens is 2. The molecule has 0 atom stereocenters. The van der Waals surface area contributed by atoms with Gasteiger partial charge in [0, 0.05) is 12.3 Å². The molecule has 5 heteroatoms. The van der Waals surface area contributed by atoms with E-state index in [4.69, 9.17) is 0 Å². The van der Waals surface area contributed by atoms with Crippen LogP contribution in [0.4, 0.5) is 4.39 Å². The van der Waals surface area contributed by atoms with Gasteiger partial charge in [0.15, 0.2) is 5.82 Å². The van der Waals surface area contributed by atoms with Crippen molar-refractivity contribution in [1.82, 2.24) is 4.72 Å². The molecule has 0 spiro atoms. The third-order valence-corrected chi connectivity index (χ3v) is 5.75. The first-order chi connectivity index (χ1) is 6.63. The van der Waals surface area contributed by atoms with Gasteiger partial charge in [-0.2, -0.15) is 0 Å². The molecule has 0 amide bonds. The molecular formula is C9H11BrFNOS. The lowest BCUT2D eigenvalue weighted by Crippen LogP contribution is -2.27. The van der Waals surface area contributed by atoms with Gasteiger partial charge in [-0.1, -0.05) is 6.07 Å². The van der Waals surface area contributed by atoms with E-state index >= 15 is 0 Å². The van der Waals surface area contributed by atoms with E-state index in [2.05, 4.69) is 20.7 Å². The van der Waals surface area contributed by atoms with Crippen LogP contribution in [0.25, 0.3) is 0 Å². The second-order valence-electron chi connectivity index (χ2n) is 3.30. The van der Waals surface area contributed by atoms with Crippen LogP contribution in [0.1, 0.15) is 6.42 Å². The maximum Gasteiger partial charge on any atom is 0.152 e. The number of nitrogens with one attached hydrogen (secondary N) is 1. The van der Waals surface area contributed by atoms with Crippen molar-refractivity contribution in [2.24, 2.45) is 0 Å². The van der Waals surface area contributed by atoms with Crippen LogP contribution in [0, 0.1) is 5.82 Å². The van der Waals surface area contributed by atoms with Crippen molar-refractivity contribution >= 4 is 26.0 Å². The zero-order chi connectivity index (χ0) is 10.2. The van der Waals surface area contributed by atoms with Gasteiger partial charge in [0.1, 0.15) is 0 Å². The largest absolute Gasteiger partial charge is 0.267 e. The number of hydrogen-bond acceptors (Lipinski definition) is 1. The lowest BCUT2D eigenvalue weighted by molar-refractivity contribution is 0.585. The normalized spacial score (nSPS) is 22.1. The standard InChI is InChI=1S/C9H11BrFNOS/c10-7-3-1-4-8(9(7)11)14(13)6-2-5-12-14/h1,3-4,14H,2,5-6H2,(H,12,13). The molecule has 0 aliphatic carbocycles. The average Bonchev–Trinajstić information content (AvgIpc) is 2.58. The summed E-state index contributed by atoms with van der Waals surface area (Å²) < 4.78 is 29.1. The van der Waals surface area contributed by atoms with Crippen molar-refractivity contribution in [1.29, 1.82) is 0 Å². The predicted molar refractivity (Wildman–Crippen MR) is 59.4 cm³/mol. The van der Waals surface area contributed by atoms with Crippen LogP contribution in [0.2, 0.25) is 0 Å². The minimum atomic E-state index is -2.64. The number of thiol groups is 1.